The fourth-order valence-corrected chi connectivity index (χ4v) is 2.02. The van der Waals surface area contributed by atoms with Crippen LogP contribution in [0.25, 0.3) is 0 Å². The first-order valence-corrected chi connectivity index (χ1v) is 6.22. The molecule has 0 radical (unpaired) electrons. The number of carbonyl (C=O) groups excluding carboxylic acids is 1. The van der Waals surface area contributed by atoms with Crippen molar-refractivity contribution >= 4 is 33.2 Å². The molecule has 0 saturated carbocycles. The molecule has 0 bridgehead atoms. The Bertz CT molecular complexity index is 633. The van der Waals surface area contributed by atoms with Crippen LogP contribution in [0.4, 0.5) is 15.8 Å². The lowest BCUT2D eigenvalue weighted by Gasteiger charge is -2.19. The second-order valence-electron chi connectivity index (χ2n) is 3.92. The maximum Gasteiger partial charge on any atom is 0.261 e. The quantitative estimate of drug-likeness (QED) is 0.924. The van der Waals surface area contributed by atoms with E-state index in [4.69, 9.17) is 5.73 Å². The third kappa shape index (κ3) is 2.73. The molecule has 19 heavy (non-hydrogen) atoms. The normalized spacial score (nSPS) is 10.3. The monoisotopic (exact) mass is 323 g/mol. The van der Waals surface area contributed by atoms with Crippen LogP contribution in [0.2, 0.25) is 0 Å². The highest BCUT2D eigenvalue weighted by atomic mass is 79.9. The maximum atomic E-state index is 13.7. The molecule has 0 spiro atoms. The summed E-state index contributed by atoms with van der Waals surface area (Å²) in [5.74, 6) is -1.05. The lowest BCUT2D eigenvalue weighted by Crippen LogP contribution is -2.28. The van der Waals surface area contributed by atoms with Crippen molar-refractivity contribution in [1.82, 2.24) is 4.98 Å². The first kappa shape index (κ1) is 13.5. The zero-order valence-corrected chi connectivity index (χ0v) is 11.7. The number of pyridine rings is 1. The van der Waals surface area contributed by atoms with E-state index in [2.05, 4.69) is 20.9 Å². The van der Waals surface area contributed by atoms with Gasteiger partial charge < -0.3 is 10.6 Å². The first-order valence-electron chi connectivity index (χ1n) is 5.43. The molecule has 0 atom stereocenters. The highest BCUT2D eigenvalue weighted by molar-refractivity contribution is 9.10. The zero-order chi connectivity index (χ0) is 14.0. The average molecular weight is 324 g/mol. The Labute approximate surface area is 118 Å². The van der Waals surface area contributed by atoms with Crippen molar-refractivity contribution in [1.29, 1.82) is 0 Å². The molecule has 0 fully saturated rings. The minimum Gasteiger partial charge on any atom is -0.396 e. The SMILES string of the molecule is CN(C(=O)c1cc(Br)ccc1F)c1ccncc1N. The van der Waals surface area contributed by atoms with E-state index >= 15 is 0 Å². The Balaban J connectivity index is 2.39. The molecule has 4 nitrogen and oxygen atoms in total. The second kappa shape index (κ2) is 5.36. The Morgan fingerprint density at radius 1 is 1.42 bits per heavy atom. The van der Waals surface area contributed by atoms with E-state index in [1.54, 1.807) is 6.07 Å². The van der Waals surface area contributed by atoms with Gasteiger partial charge in [-0.1, -0.05) is 15.9 Å². The number of benzene rings is 1. The van der Waals surface area contributed by atoms with Crippen LogP contribution in [0.5, 0.6) is 0 Å². The molecule has 1 aromatic heterocycles. The van der Waals surface area contributed by atoms with E-state index in [1.807, 2.05) is 0 Å². The molecule has 2 aromatic rings. The fourth-order valence-electron chi connectivity index (χ4n) is 1.66. The van der Waals surface area contributed by atoms with Crippen LogP contribution >= 0.6 is 15.9 Å². The highest BCUT2D eigenvalue weighted by Gasteiger charge is 2.19. The van der Waals surface area contributed by atoms with Gasteiger partial charge in [-0.15, -0.1) is 0 Å². The van der Waals surface area contributed by atoms with E-state index in [9.17, 15) is 9.18 Å². The topological polar surface area (TPSA) is 59.2 Å². The number of carbonyl (C=O) groups is 1. The van der Waals surface area contributed by atoms with Crippen LogP contribution in [0.1, 0.15) is 10.4 Å². The van der Waals surface area contributed by atoms with Crippen molar-refractivity contribution in [3.05, 3.63) is 52.5 Å². The molecule has 6 heteroatoms. The minimum atomic E-state index is -0.576. The smallest absolute Gasteiger partial charge is 0.261 e. The van der Waals surface area contributed by atoms with Crippen molar-refractivity contribution in [2.45, 2.75) is 0 Å². The standard InChI is InChI=1S/C13H11BrFN3O/c1-18(12-4-5-17-7-11(12)16)13(19)9-6-8(14)2-3-10(9)15/h2-7H,16H2,1H3. The van der Waals surface area contributed by atoms with Gasteiger partial charge in [-0.25, -0.2) is 4.39 Å². The van der Waals surface area contributed by atoms with Crippen molar-refractivity contribution < 1.29 is 9.18 Å². The Morgan fingerprint density at radius 3 is 2.84 bits per heavy atom. The molecule has 0 unspecified atom stereocenters. The van der Waals surface area contributed by atoms with Gasteiger partial charge in [-0.3, -0.25) is 9.78 Å². The molecule has 2 rings (SSSR count). The van der Waals surface area contributed by atoms with Crippen molar-refractivity contribution in [2.75, 3.05) is 17.7 Å². The van der Waals surface area contributed by atoms with Crippen LogP contribution in [-0.2, 0) is 0 Å². The number of rotatable bonds is 2. The van der Waals surface area contributed by atoms with Gasteiger partial charge in [-0.2, -0.15) is 0 Å². The van der Waals surface area contributed by atoms with Crippen LogP contribution in [-0.4, -0.2) is 17.9 Å². The predicted octanol–water partition coefficient (Wildman–Crippen LogP) is 2.84. The van der Waals surface area contributed by atoms with Gasteiger partial charge in [0.25, 0.3) is 5.91 Å². The number of anilines is 2. The predicted molar refractivity (Wildman–Crippen MR) is 75.5 cm³/mol. The lowest BCUT2D eigenvalue weighted by molar-refractivity contribution is 0.0989. The summed E-state index contributed by atoms with van der Waals surface area (Å²) in [5.41, 5.74) is 6.57. The highest BCUT2D eigenvalue weighted by Crippen LogP contribution is 2.23. The number of nitrogens with two attached hydrogens (primary N) is 1. The van der Waals surface area contributed by atoms with Crippen molar-refractivity contribution in [3.8, 4) is 0 Å². The van der Waals surface area contributed by atoms with E-state index in [-0.39, 0.29) is 5.56 Å². The molecule has 2 N–H and O–H groups in total. The maximum absolute atomic E-state index is 13.7. The van der Waals surface area contributed by atoms with Crippen LogP contribution < -0.4 is 10.6 Å². The average Bonchev–Trinajstić information content (AvgIpc) is 2.40. The van der Waals surface area contributed by atoms with Gasteiger partial charge in [-0.05, 0) is 24.3 Å². The van der Waals surface area contributed by atoms with E-state index in [1.165, 1.54) is 42.5 Å². The Kier molecular flexibility index (Phi) is 3.80. The number of nitrogen functional groups attached to an aromatic ring is 1. The molecule has 0 aliphatic rings. The molecule has 0 aliphatic heterocycles. The Hall–Kier alpha value is -1.95. The van der Waals surface area contributed by atoms with Gasteiger partial charge in [0.05, 0.1) is 23.1 Å². The summed E-state index contributed by atoms with van der Waals surface area (Å²) in [6.45, 7) is 0. The largest absolute Gasteiger partial charge is 0.396 e. The molecular weight excluding hydrogens is 313 g/mol. The third-order valence-corrected chi connectivity index (χ3v) is 3.15. The van der Waals surface area contributed by atoms with E-state index in [0.717, 1.165) is 0 Å². The number of aromatic nitrogens is 1. The van der Waals surface area contributed by atoms with E-state index in [0.29, 0.717) is 15.8 Å². The summed E-state index contributed by atoms with van der Waals surface area (Å²) in [6, 6.07) is 5.81. The van der Waals surface area contributed by atoms with Crippen molar-refractivity contribution in [2.24, 2.45) is 0 Å². The summed E-state index contributed by atoms with van der Waals surface area (Å²) < 4.78 is 14.3. The number of halogens is 2. The molecule has 1 aromatic carbocycles. The number of nitrogens with zero attached hydrogens (tertiary/aromatic N) is 2. The molecule has 1 amide bonds. The van der Waals surface area contributed by atoms with Gasteiger partial charge in [0.2, 0.25) is 0 Å². The summed E-state index contributed by atoms with van der Waals surface area (Å²) in [5, 5.41) is 0. The summed E-state index contributed by atoms with van der Waals surface area (Å²) in [6.07, 6.45) is 2.96. The Morgan fingerprint density at radius 2 is 2.16 bits per heavy atom. The first-order chi connectivity index (χ1) is 9.00. The molecule has 1 heterocycles. The number of hydrogen-bond donors (Lipinski definition) is 1. The lowest BCUT2D eigenvalue weighted by atomic mass is 10.1. The van der Waals surface area contributed by atoms with E-state index < -0.39 is 11.7 Å². The third-order valence-electron chi connectivity index (χ3n) is 2.65. The van der Waals surface area contributed by atoms with Gasteiger partial charge in [0, 0.05) is 17.7 Å². The summed E-state index contributed by atoms with van der Waals surface area (Å²) in [7, 11) is 1.54. The zero-order valence-electron chi connectivity index (χ0n) is 10.1. The minimum absolute atomic E-state index is 0.0203. The fraction of sp³-hybridized carbons (Fsp3) is 0.0769. The molecule has 0 aliphatic carbocycles. The van der Waals surface area contributed by atoms with Gasteiger partial charge in [0.1, 0.15) is 5.82 Å². The second-order valence-corrected chi connectivity index (χ2v) is 4.84. The molecule has 98 valence electrons. The summed E-state index contributed by atoms with van der Waals surface area (Å²) >= 11 is 3.21. The number of amides is 1. The van der Waals surface area contributed by atoms with Crippen LogP contribution in [0.15, 0.2) is 41.1 Å². The number of hydrogen-bond acceptors (Lipinski definition) is 3. The summed E-state index contributed by atoms with van der Waals surface area (Å²) in [4.78, 5) is 17.4. The van der Waals surface area contributed by atoms with Crippen LogP contribution in [0.3, 0.4) is 0 Å². The van der Waals surface area contributed by atoms with Gasteiger partial charge in [0.15, 0.2) is 0 Å². The van der Waals surface area contributed by atoms with Gasteiger partial charge >= 0.3 is 0 Å². The van der Waals surface area contributed by atoms with Crippen LogP contribution in [0, 0.1) is 5.82 Å². The van der Waals surface area contributed by atoms with Crippen molar-refractivity contribution in [3.63, 3.8) is 0 Å². The molecular formula is C13H11BrFN3O. The molecule has 0 saturated heterocycles.